The molecule has 0 atom stereocenters. The molecule has 0 unspecified atom stereocenters. The molecule has 1 N–H and O–H groups in total. The number of aryl methyl sites for hydroxylation is 1. The predicted octanol–water partition coefficient (Wildman–Crippen LogP) is 5.70. The lowest BCUT2D eigenvalue weighted by molar-refractivity contribution is -0.116. The van der Waals surface area contributed by atoms with Crippen LogP contribution in [0.4, 0.5) is 14.5 Å². The van der Waals surface area contributed by atoms with Crippen molar-refractivity contribution in [3.63, 3.8) is 0 Å². The van der Waals surface area contributed by atoms with Crippen LogP contribution in [0.1, 0.15) is 18.4 Å². The molecule has 0 aromatic heterocycles. The maximum Gasteiger partial charge on any atom is 0.387 e. The van der Waals surface area contributed by atoms with E-state index in [0.717, 1.165) is 5.56 Å². The third-order valence-corrected chi connectivity index (χ3v) is 4.10. The minimum absolute atomic E-state index is 0.00968. The van der Waals surface area contributed by atoms with Crippen molar-refractivity contribution in [1.29, 1.82) is 0 Å². The fourth-order valence-electron chi connectivity index (χ4n) is 2.12. The average Bonchev–Trinajstić information content (AvgIpc) is 2.57. The molecule has 26 heavy (non-hydrogen) atoms. The summed E-state index contributed by atoms with van der Waals surface area (Å²) in [5, 5.41) is 3.30. The van der Waals surface area contributed by atoms with Gasteiger partial charge in [-0.15, -0.1) is 0 Å². The largest absolute Gasteiger partial charge is 0.494 e. The summed E-state index contributed by atoms with van der Waals surface area (Å²) in [4.78, 5) is 11.9. The highest BCUT2D eigenvalue weighted by atomic mass is 35.5. The monoisotopic (exact) mass is 403 g/mol. The molecule has 0 bridgehead atoms. The van der Waals surface area contributed by atoms with Gasteiger partial charge in [0.2, 0.25) is 5.91 Å². The minimum Gasteiger partial charge on any atom is -0.494 e. The number of hydrogen-bond acceptors (Lipinski definition) is 3. The predicted molar refractivity (Wildman–Crippen MR) is 97.6 cm³/mol. The van der Waals surface area contributed by atoms with E-state index in [1.165, 1.54) is 18.2 Å². The van der Waals surface area contributed by atoms with Gasteiger partial charge in [-0.2, -0.15) is 8.78 Å². The van der Waals surface area contributed by atoms with Crippen molar-refractivity contribution in [2.24, 2.45) is 0 Å². The number of carbonyl (C=O) groups is 1. The number of anilines is 1. The standard InChI is InChI=1S/C18H17Cl2F2NO3/c1-11-9-13(5-6-14(11)19)25-8-2-3-17(24)23-12-4-7-16(15(20)10-12)26-18(21)22/h4-7,9-10,18H,2-3,8H2,1H3,(H,23,24). The average molecular weight is 404 g/mol. The first kappa shape index (κ1) is 20.3. The highest BCUT2D eigenvalue weighted by molar-refractivity contribution is 6.32. The lowest BCUT2D eigenvalue weighted by atomic mass is 10.2. The molecule has 0 aliphatic rings. The first-order chi connectivity index (χ1) is 12.3. The molecular weight excluding hydrogens is 387 g/mol. The van der Waals surface area contributed by atoms with Crippen LogP contribution >= 0.6 is 23.2 Å². The summed E-state index contributed by atoms with van der Waals surface area (Å²) in [6.45, 7) is -0.709. The SMILES string of the molecule is Cc1cc(OCCCC(=O)Nc2ccc(OC(F)F)c(Cl)c2)ccc1Cl. The van der Waals surface area contributed by atoms with Crippen LogP contribution in [0, 0.1) is 6.92 Å². The van der Waals surface area contributed by atoms with Crippen molar-refractivity contribution in [2.45, 2.75) is 26.4 Å². The topological polar surface area (TPSA) is 47.6 Å². The van der Waals surface area contributed by atoms with Crippen LogP contribution in [0.5, 0.6) is 11.5 Å². The van der Waals surface area contributed by atoms with Crippen LogP contribution < -0.4 is 14.8 Å². The quantitative estimate of drug-likeness (QED) is 0.574. The highest BCUT2D eigenvalue weighted by Crippen LogP contribution is 2.29. The summed E-state index contributed by atoms with van der Waals surface area (Å²) in [6, 6.07) is 9.41. The Morgan fingerprint density at radius 2 is 1.92 bits per heavy atom. The molecule has 8 heteroatoms. The third kappa shape index (κ3) is 6.35. The Bertz CT molecular complexity index is 772. The lowest BCUT2D eigenvalue weighted by Crippen LogP contribution is -2.13. The molecule has 0 saturated heterocycles. The fraction of sp³-hybridized carbons (Fsp3) is 0.278. The molecule has 0 aliphatic carbocycles. The molecule has 2 aromatic rings. The van der Waals surface area contributed by atoms with Gasteiger partial charge < -0.3 is 14.8 Å². The van der Waals surface area contributed by atoms with Gasteiger partial charge in [0, 0.05) is 17.1 Å². The first-order valence-electron chi connectivity index (χ1n) is 7.78. The van der Waals surface area contributed by atoms with E-state index in [4.69, 9.17) is 27.9 Å². The summed E-state index contributed by atoms with van der Waals surface area (Å²) in [6.07, 6.45) is 0.743. The molecule has 1 amide bonds. The molecule has 2 rings (SSSR count). The number of amides is 1. The number of alkyl halides is 2. The van der Waals surface area contributed by atoms with Gasteiger partial charge in [0.15, 0.2) is 0 Å². The number of ether oxygens (including phenoxy) is 2. The van der Waals surface area contributed by atoms with E-state index in [0.29, 0.717) is 29.5 Å². The Morgan fingerprint density at radius 3 is 2.58 bits per heavy atom. The van der Waals surface area contributed by atoms with Crippen LogP contribution in [0.2, 0.25) is 10.0 Å². The van der Waals surface area contributed by atoms with Crippen molar-refractivity contribution in [2.75, 3.05) is 11.9 Å². The van der Waals surface area contributed by atoms with Gasteiger partial charge in [-0.05, 0) is 55.3 Å². The number of rotatable bonds is 8. The zero-order valence-electron chi connectivity index (χ0n) is 13.9. The van der Waals surface area contributed by atoms with Crippen LogP contribution in [0.15, 0.2) is 36.4 Å². The molecule has 0 spiro atoms. The maximum absolute atomic E-state index is 12.2. The normalized spacial score (nSPS) is 10.7. The van der Waals surface area contributed by atoms with E-state index in [9.17, 15) is 13.6 Å². The van der Waals surface area contributed by atoms with Gasteiger partial charge in [-0.3, -0.25) is 4.79 Å². The van der Waals surface area contributed by atoms with Crippen molar-refractivity contribution in [3.05, 3.63) is 52.0 Å². The van der Waals surface area contributed by atoms with Crippen LogP contribution in [-0.2, 0) is 4.79 Å². The van der Waals surface area contributed by atoms with Crippen molar-refractivity contribution in [1.82, 2.24) is 0 Å². The highest BCUT2D eigenvalue weighted by Gasteiger charge is 2.10. The van der Waals surface area contributed by atoms with Crippen LogP contribution in [0.25, 0.3) is 0 Å². The van der Waals surface area contributed by atoms with Gasteiger partial charge in [0.25, 0.3) is 0 Å². The molecular formula is C18H17Cl2F2NO3. The van der Waals surface area contributed by atoms with E-state index in [2.05, 4.69) is 10.1 Å². The summed E-state index contributed by atoms with van der Waals surface area (Å²) in [5.74, 6) is 0.305. The third-order valence-electron chi connectivity index (χ3n) is 3.38. The Hall–Kier alpha value is -2.05. The molecule has 0 fully saturated rings. The van der Waals surface area contributed by atoms with Gasteiger partial charge in [0.1, 0.15) is 11.5 Å². The second kappa shape index (κ2) is 9.59. The lowest BCUT2D eigenvalue weighted by Gasteiger charge is -2.10. The molecule has 0 aliphatic heterocycles. The van der Waals surface area contributed by atoms with E-state index < -0.39 is 6.61 Å². The summed E-state index contributed by atoms with van der Waals surface area (Å²) < 4.78 is 34.2. The first-order valence-corrected chi connectivity index (χ1v) is 8.54. The Balaban J connectivity index is 1.76. The van der Waals surface area contributed by atoms with E-state index in [-0.39, 0.29) is 23.1 Å². The van der Waals surface area contributed by atoms with Crippen molar-refractivity contribution >= 4 is 34.8 Å². The van der Waals surface area contributed by atoms with E-state index >= 15 is 0 Å². The molecule has 4 nitrogen and oxygen atoms in total. The Kier molecular flexibility index (Phi) is 7.48. The molecule has 140 valence electrons. The molecule has 2 aromatic carbocycles. The molecule has 0 saturated carbocycles. The van der Waals surface area contributed by atoms with E-state index in [1.54, 1.807) is 12.1 Å². The van der Waals surface area contributed by atoms with Crippen molar-refractivity contribution in [3.8, 4) is 11.5 Å². The number of hydrogen-bond donors (Lipinski definition) is 1. The van der Waals surface area contributed by atoms with Gasteiger partial charge in [-0.25, -0.2) is 0 Å². The number of benzene rings is 2. The second-order valence-corrected chi connectivity index (χ2v) is 6.25. The second-order valence-electron chi connectivity index (χ2n) is 5.43. The summed E-state index contributed by atoms with van der Waals surface area (Å²) in [7, 11) is 0. The minimum atomic E-state index is -2.96. The number of nitrogens with one attached hydrogen (secondary N) is 1. The van der Waals surface area contributed by atoms with E-state index in [1.807, 2.05) is 13.0 Å². The zero-order valence-corrected chi connectivity index (χ0v) is 15.4. The fourth-order valence-corrected chi connectivity index (χ4v) is 2.47. The number of halogens is 4. The Labute approximate surface area is 160 Å². The van der Waals surface area contributed by atoms with Gasteiger partial charge >= 0.3 is 6.61 Å². The van der Waals surface area contributed by atoms with Crippen LogP contribution in [-0.4, -0.2) is 19.1 Å². The zero-order chi connectivity index (χ0) is 19.1. The van der Waals surface area contributed by atoms with Crippen molar-refractivity contribution < 1.29 is 23.0 Å². The van der Waals surface area contributed by atoms with Gasteiger partial charge in [0.05, 0.1) is 11.6 Å². The molecule has 0 radical (unpaired) electrons. The van der Waals surface area contributed by atoms with Gasteiger partial charge in [-0.1, -0.05) is 23.2 Å². The Morgan fingerprint density at radius 1 is 1.15 bits per heavy atom. The van der Waals surface area contributed by atoms with Crippen LogP contribution in [0.3, 0.4) is 0 Å². The number of carbonyl (C=O) groups excluding carboxylic acids is 1. The molecule has 0 heterocycles. The maximum atomic E-state index is 12.2. The summed E-state index contributed by atoms with van der Waals surface area (Å²) >= 11 is 11.8. The smallest absolute Gasteiger partial charge is 0.387 e. The summed E-state index contributed by atoms with van der Waals surface area (Å²) in [5.41, 5.74) is 1.31.